The standard InChI is InChI=1S/C28H38N4O12P2S/c33-23-14-16-32(28(36)31-23)26-25(35)24(34)22(43-26)18-42-46(39,40)44-45(37,38)41-17-8-4-2-1-3-7-15-29-27(47)30-21-13-9-11-19-10-5-6-12-20(19)21/h5-6,9-14,16,22,24-26,34-35H,1-4,7-8,15,17-18H2,(H,37,38)(H,39,40)(H2,29,30,47)(H,31,33,36)/t22-,24-,25-,26-/m1/s1. The molecule has 1 aromatic heterocycles. The lowest BCUT2D eigenvalue weighted by Crippen LogP contribution is -2.37. The van der Waals surface area contributed by atoms with Crippen molar-refractivity contribution in [3.8, 4) is 0 Å². The van der Waals surface area contributed by atoms with Gasteiger partial charge in [-0.05, 0) is 36.5 Å². The molecule has 7 N–H and O–H groups in total. The number of unbranched alkanes of at least 4 members (excludes halogenated alkanes) is 5. The topological polar surface area (TPSA) is 231 Å². The highest BCUT2D eigenvalue weighted by Crippen LogP contribution is 2.60. The van der Waals surface area contributed by atoms with Crippen molar-refractivity contribution in [1.29, 1.82) is 0 Å². The van der Waals surface area contributed by atoms with Crippen LogP contribution in [-0.4, -0.2) is 72.7 Å². The lowest BCUT2D eigenvalue weighted by atomic mass is 10.1. The highest BCUT2D eigenvalue weighted by Gasteiger charge is 2.46. The molecule has 0 aliphatic carbocycles. The molecule has 0 radical (unpaired) electrons. The number of rotatable bonds is 17. The molecule has 3 aromatic rings. The number of fused-ring (bicyclic) bond motifs is 1. The maximum absolute atomic E-state index is 12.3. The van der Waals surface area contributed by atoms with Gasteiger partial charge in [0, 0.05) is 29.9 Å². The number of hydrogen-bond donors (Lipinski definition) is 7. The normalized spacial score (nSPS) is 22.0. The summed E-state index contributed by atoms with van der Waals surface area (Å²) in [5, 5.41) is 29.7. The summed E-state index contributed by atoms with van der Waals surface area (Å²) in [4.78, 5) is 45.0. The number of phosphoric ester groups is 2. The first kappa shape index (κ1) is 37.0. The number of benzene rings is 2. The van der Waals surface area contributed by atoms with Crippen LogP contribution in [-0.2, 0) is 27.2 Å². The second-order valence-corrected chi connectivity index (χ2v) is 14.2. The number of nitrogens with one attached hydrogen (secondary N) is 3. The molecular weight excluding hydrogens is 678 g/mol. The van der Waals surface area contributed by atoms with Crippen LogP contribution in [0, 0.1) is 0 Å². The average molecular weight is 717 g/mol. The second kappa shape index (κ2) is 17.0. The number of hydrogen-bond acceptors (Lipinski definition) is 11. The molecule has 2 heterocycles. The van der Waals surface area contributed by atoms with Crippen LogP contribution < -0.4 is 21.9 Å². The van der Waals surface area contributed by atoms with Crippen molar-refractivity contribution in [2.75, 3.05) is 25.1 Å². The first-order valence-corrected chi connectivity index (χ1v) is 18.3. The van der Waals surface area contributed by atoms with E-state index in [1.165, 1.54) is 0 Å². The fraction of sp³-hybridized carbons (Fsp3) is 0.464. The molecule has 1 fully saturated rings. The lowest BCUT2D eigenvalue weighted by Gasteiger charge is -2.19. The van der Waals surface area contributed by atoms with E-state index >= 15 is 0 Å². The van der Waals surface area contributed by atoms with E-state index in [4.69, 9.17) is 21.5 Å². The third-order valence-corrected chi connectivity index (χ3v) is 10.1. The van der Waals surface area contributed by atoms with Crippen LogP contribution in [0.4, 0.5) is 5.69 Å². The highest BCUT2D eigenvalue weighted by atomic mass is 32.1. The molecule has 2 unspecified atom stereocenters. The Labute approximate surface area is 274 Å². The summed E-state index contributed by atoms with van der Waals surface area (Å²) < 4.78 is 44.3. The van der Waals surface area contributed by atoms with Gasteiger partial charge in [-0.1, -0.05) is 62.1 Å². The van der Waals surface area contributed by atoms with Crippen LogP contribution >= 0.6 is 27.9 Å². The quantitative estimate of drug-likeness (QED) is 0.0605. The zero-order valence-corrected chi connectivity index (χ0v) is 27.8. The number of aliphatic hydroxyl groups is 2. The van der Waals surface area contributed by atoms with Gasteiger partial charge in [-0.15, -0.1) is 0 Å². The summed E-state index contributed by atoms with van der Waals surface area (Å²) in [5.74, 6) is 0. The Morgan fingerprint density at radius 3 is 2.36 bits per heavy atom. The Bertz CT molecular complexity index is 1720. The van der Waals surface area contributed by atoms with Gasteiger partial charge >= 0.3 is 21.3 Å². The van der Waals surface area contributed by atoms with Crippen LogP contribution in [0.15, 0.2) is 64.3 Å². The molecule has 6 atom stereocenters. The van der Waals surface area contributed by atoms with E-state index in [-0.39, 0.29) is 6.61 Å². The van der Waals surface area contributed by atoms with Crippen LogP contribution in [0.25, 0.3) is 10.8 Å². The summed E-state index contributed by atoms with van der Waals surface area (Å²) in [7, 11) is -10.2. The van der Waals surface area contributed by atoms with Gasteiger partial charge in [0.15, 0.2) is 11.3 Å². The number of thiocarbonyl (C=S) groups is 1. The number of aromatic amines is 1. The zero-order chi connectivity index (χ0) is 34.0. The summed E-state index contributed by atoms with van der Waals surface area (Å²) in [6.45, 7) is -0.367. The molecule has 4 rings (SSSR count). The van der Waals surface area contributed by atoms with Gasteiger partial charge in [0.25, 0.3) is 5.56 Å². The van der Waals surface area contributed by atoms with Crippen molar-refractivity contribution in [2.24, 2.45) is 0 Å². The molecule has 0 spiro atoms. The predicted octanol–water partition coefficient (Wildman–Crippen LogP) is 2.89. The number of nitrogens with zero attached hydrogens (tertiary/aromatic N) is 1. The summed E-state index contributed by atoms with van der Waals surface area (Å²) >= 11 is 5.41. The number of aliphatic hydroxyl groups excluding tert-OH is 2. The molecule has 1 aliphatic heterocycles. The molecule has 1 saturated heterocycles. The van der Waals surface area contributed by atoms with E-state index in [2.05, 4.69) is 19.5 Å². The Morgan fingerprint density at radius 1 is 0.915 bits per heavy atom. The molecule has 258 valence electrons. The van der Waals surface area contributed by atoms with Crippen molar-refractivity contribution in [3.63, 3.8) is 0 Å². The lowest BCUT2D eigenvalue weighted by molar-refractivity contribution is -0.0543. The van der Waals surface area contributed by atoms with Crippen molar-refractivity contribution in [2.45, 2.75) is 63.1 Å². The summed E-state index contributed by atoms with van der Waals surface area (Å²) in [5.41, 5.74) is -0.683. The maximum Gasteiger partial charge on any atom is 0.481 e. The largest absolute Gasteiger partial charge is 0.481 e. The number of H-pyrrole nitrogens is 1. The molecule has 2 aromatic carbocycles. The molecule has 1 aliphatic rings. The number of ether oxygens (including phenoxy) is 1. The minimum absolute atomic E-state index is 0.213. The average Bonchev–Trinajstić information content (AvgIpc) is 3.29. The Hall–Kier alpha value is -2.79. The van der Waals surface area contributed by atoms with Gasteiger partial charge in [0.05, 0.1) is 13.2 Å². The SMILES string of the molecule is O=c1ccn([C@@H]2O[C@H](COP(=O)(O)OP(=O)(O)OCCCCCCCCNC(=S)Nc3cccc4ccccc34)[C@@H](O)[C@H]2O)c(=O)[nH]1. The van der Waals surface area contributed by atoms with E-state index in [0.29, 0.717) is 24.5 Å². The van der Waals surface area contributed by atoms with Crippen LogP contribution in [0.5, 0.6) is 0 Å². The first-order chi connectivity index (χ1) is 22.3. The molecule has 0 bridgehead atoms. The van der Waals surface area contributed by atoms with Crippen molar-refractivity contribution < 1.29 is 47.2 Å². The van der Waals surface area contributed by atoms with Gasteiger partial charge in [-0.25, -0.2) is 13.9 Å². The Kier molecular flexibility index (Phi) is 13.4. The molecule has 47 heavy (non-hydrogen) atoms. The van der Waals surface area contributed by atoms with Crippen molar-refractivity contribution >= 4 is 49.4 Å². The molecule has 16 nitrogen and oxygen atoms in total. The van der Waals surface area contributed by atoms with Gasteiger partial charge in [-0.3, -0.25) is 23.4 Å². The van der Waals surface area contributed by atoms with E-state index in [9.17, 15) is 38.7 Å². The van der Waals surface area contributed by atoms with Gasteiger partial charge in [-0.2, -0.15) is 4.31 Å². The van der Waals surface area contributed by atoms with Gasteiger partial charge in [0.1, 0.15) is 18.3 Å². The second-order valence-electron chi connectivity index (χ2n) is 10.7. The van der Waals surface area contributed by atoms with Crippen LogP contribution in [0.1, 0.15) is 44.8 Å². The van der Waals surface area contributed by atoms with E-state index in [1.807, 2.05) is 47.4 Å². The van der Waals surface area contributed by atoms with Crippen molar-refractivity contribution in [1.82, 2.24) is 14.9 Å². The predicted molar refractivity (Wildman–Crippen MR) is 176 cm³/mol. The smallest absolute Gasteiger partial charge is 0.387 e. The third kappa shape index (κ3) is 11.1. The van der Waals surface area contributed by atoms with Crippen LogP contribution in [0.2, 0.25) is 0 Å². The van der Waals surface area contributed by atoms with E-state index in [1.54, 1.807) is 0 Å². The molecule has 0 amide bonds. The number of phosphoric acid groups is 2. The summed E-state index contributed by atoms with van der Waals surface area (Å²) in [6.07, 6.45) is -0.533. The summed E-state index contributed by atoms with van der Waals surface area (Å²) in [6, 6.07) is 15.0. The van der Waals surface area contributed by atoms with Gasteiger partial charge in [0.2, 0.25) is 0 Å². The van der Waals surface area contributed by atoms with Gasteiger partial charge < -0.3 is 35.4 Å². The fourth-order valence-corrected chi connectivity index (χ4v) is 7.21. The first-order valence-electron chi connectivity index (χ1n) is 14.9. The molecule has 0 saturated carbocycles. The number of anilines is 1. The molecule has 19 heteroatoms. The monoisotopic (exact) mass is 716 g/mol. The van der Waals surface area contributed by atoms with E-state index < -0.39 is 58.0 Å². The third-order valence-electron chi connectivity index (χ3n) is 7.22. The minimum Gasteiger partial charge on any atom is -0.387 e. The van der Waals surface area contributed by atoms with Crippen molar-refractivity contribution in [3.05, 3.63) is 75.6 Å². The van der Waals surface area contributed by atoms with Crippen LogP contribution in [0.3, 0.4) is 0 Å². The minimum atomic E-state index is -5.18. The highest BCUT2D eigenvalue weighted by molar-refractivity contribution is 7.80. The Morgan fingerprint density at radius 2 is 1.60 bits per heavy atom. The maximum atomic E-state index is 12.3. The van der Waals surface area contributed by atoms with E-state index in [0.717, 1.165) is 59.0 Å². The Balaban J connectivity index is 1.06. The number of aromatic nitrogens is 2. The molecular formula is C28H38N4O12P2S. The zero-order valence-electron chi connectivity index (χ0n) is 25.2. The fourth-order valence-electron chi connectivity index (χ4n) is 4.89.